The molecule has 0 unspecified atom stereocenters. The first kappa shape index (κ1) is 22.9. The smallest absolute Gasteiger partial charge is 0.349 e. The number of nitrogens with one attached hydrogen (secondary N) is 2. The normalized spacial score (nSPS) is 11.8. The van der Waals surface area contributed by atoms with Crippen molar-refractivity contribution >= 4 is 56.9 Å². The largest absolute Gasteiger partial charge is 0.416 e. The highest BCUT2D eigenvalue weighted by Crippen LogP contribution is 2.34. The lowest BCUT2D eigenvalue weighted by Crippen LogP contribution is -2.24. The van der Waals surface area contributed by atoms with Crippen LogP contribution in [0.5, 0.6) is 0 Å². The molecule has 0 radical (unpaired) electrons. The number of benzene rings is 2. The molecule has 0 saturated carbocycles. The lowest BCUT2D eigenvalue weighted by atomic mass is 10.2. The number of nitrogens with zero attached hydrogens (tertiary/aromatic N) is 2. The van der Waals surface area contributed by atoms with Crippen LogP contribution in [0.3, 0.4) is 0 Å². The lowest BCUT2D eigenvalue weighted by molar-refractivity contribution is -0.137. The average Bonchev–Trinajstić information content (AvgIpc) is 3.14. The molecule has 0 aliphatic heterocycles. The van der Waals surface area contributed by atoms with Crippen LogP contribution in [0.25, 0.3) is 21.9 Å². The Hall–Kier alpha value is -3.24. The summed E-state index contributed by atoms with van der Waals surface area (Å²) in [6, 6.07) is 9.99. The molecular weight excluding hydrogens is 477 g/mol. The monoisotopic (exact) mass is 492 g/mol. The maximum atomic E-state index is 13.0. The Bertz CT molecular complexity index is 1450. The third kappa shape index (κ3) is 4.62. The van der Waals surface area contributed by atoms with Crippen LogP contribution in [0.15, 0.2) is 65.1 Å². The van der Waals surface area contributed by atoms with Crippen LogP contribution in [0, 0.1) is 0 Å². The number of H-pyrrole nitrogens is 1. The Labute approximate surface area is 194 Å². The van der Waals surface area contributed by atoms with Crippen molar-refractivity contribution in [1.82, 2.24) is 14.5 Å². The van der Waals surface area contributed by atoms with Gasteiger partial charge >= 0.3 is 6.18 Å². The summed E-state index contributed by atoms with van der Waals surface area (Å²) in [5, 5.41) is 3.40. The number of aromatic nitrogens is 3. The molecule has 4 rings (SSSR count). The number of amides is 1. The van der Waals surface area contributed by atoms with Gasteiger partial charge in [-0.1, -0.05) is 47.6 Å². The first-order chi connectivity index (χ1) is 15.7. The van der Waals surface area contributed by atoms with E-state index >= 15 is 0 Å². The third-order valence-electron chi connectivity index (χ3n) is 4.79. The van der Waals surface area contributed by atoms with Crippen molar-refractivity contribution in [2.75, 3.05) is 11.1 Å². The molecule has 4 aromatic rings. The van der Waals surface area contributed by atoms with Crippen LogP contribution in [0.1, 0.15) is 5.56 Å². The fraction of sp³-hybridized carbons (Fsp3) is 0.136. The molecule has 33 heavy (non-hydrogen) atoms. The molecule has 0 atom stereocenters. The Morgan fingerprint density at radius 2 is 2.03 bits per heavy atom. The molecule has 2 N–H and O–H groups in total. The number of fused-ring (bicyclic) bond motifs is 3. The van der Waals surface area contributed by atoms with Gasteiger partial charge in [-0.05, 0) is 24.3 Å². The van der Waals surface area contributed by atoms with Gasteiger partial charge < -0.3 is 10.3 Å². The number of halogens is 4. The number of carbonyl (C=O) groups is 1. The maximum absolute atomic E-state index is 13.0. The van der Waals surface area contributed by atoms with Crippen LogP contribution in [0.2, 0.25) is 5.02 Å². The van der Waals surface area contributed by atoms with Crippen LogP contribution in [0.4, 0.5) is 18.9 Å². The fourth-order valence-electron chi connectivity index (χ4n) is 3.29. The molecule has 0 aliphatic rings. The molecule has 0 aliphatic carbocycles. The van der Waals surface area contributed by atoms with Gasteiger partial charge in [-0.15, -0.1) is 6.58 Å². The summed E-state index contributed by atoms with van der Waals surface area (Å²) in [4.78, 5) is 33.1. The van der Waals surface area contributed by atoms with E-state index in [0.29, 0.717) is 11.0 Å². The second kappa shape index (κ2) is 8.95. The topological polar surface area (TPSA) is 79.8 Å². The Morgan fingerprint density at radius 3 is 2.76 bits per heavy atom. The quantitative estimate of drug-likeness (QED) is 0.212. The van der Waals surface area contributed by atoms with Crippen molar-refractivity contribution in [1.29, 1.82) is 0 Å². The van der Waals surface area contributed by atoms with Crippen LogP contribution >= 0.6 is 23.4 Å². The van der Waals surface area contributed by atoms with Gasteiger partial charge in [-0.2, -0.15) is 13.2 Å². The molecule has 170 valence electrons. The molecule has 0 fully saturated rings. The van der Waals surface area contributed by atoms with E-state index in [1.165, 1.54) is 10.6 Å². The highest BCUT2D eigenvalue weighted by Gasteiger charge is 2.31. The molecule has 11 heteroatoms. The standard InChI is InChI=1S/C22H16ClF3N4O2S/c1-2-9-30-20(32)19-18(13-5-3-4-6-15(13)28-19)29-21(30)33-11-17(31)27-16-10-12(22(24,25)26)7-8-14(16)23/h2-8,10,28H,1,9,11H2,(H,27,31). The van der Waals surface area contributed by atoms with E-state index < -0.39 is 17.6 Å². The highest BCUT2D eigenvalue weighted by molar-refractivity contribution is 7.99. The zero-order valence-corrected chi connectivity index (χ0v) is 18.4. The number of aromatic amines is 1. The minimum atomic E-state index is -4.57. The van der Waals surface area contributed by atoms with E-state index in [4.69, 9.17) is 11.6 Å². The molecule has 1 amide bonds. The molecule has 0 spiro atoms. The second-order valence-electron chi connectivity index (χ2n) is 7.02. The molecule has 2 aromatic heterocycles. The predicted octanol–water partition coefficient (Wildman–Crippen LogP) is 5.47. The number of thioether (sulfide) groups is 1. The van der Waals surface area contributed by atoms with Gasteiger partial charge in [0.2, 0.25) is 5.91 Å². The van der Waals surface area contributed by atoms with Gasteiger partial charge in [-0.25, -0.2) is 4.98 Å². The molecule has 2 aromatic carbocycles. The predicted molar refractivity (Wildman–Crippen MR) is 124 cm³/mol. The minimum absolute atomic E-state index is 0.0248. The second-order valence-corrected chi connectivity index (χ2v) is 8.37. The first-order valence-electron chi connectivity index (χ1n) is 9.60. The molecule has 0 bridgehead atoms. The van der Waals surface area contributed by atoms with Crippen LogP contribution in [-0.4, -0.2) is 26.2 Å². The van der Waals surface area contributed by atoms with Gasteiger partial charge in [0.15, 0.2) is 5.16 Å². The Balaban J connectivity index is 1.62. The maximum Gasteiger partial charge on any atom is 0.416 e. The van der Waals surface area contributed by atoms with E-state index in [9.17, 15) is 22.8 Å². The third-order valence-corrected chi connectivity index (χ3v) is 6.09. The SMILES string of the molecule is C=CCn1c(SCC(=O)Nc2cc(C(F)(F)F)ccc2Cl)nc2c([nH]c3ccccc32)c1=O. The number of carbonyl (C=O) groups excluding carboxylic acids is 1. The summed E-state index contributed by atoms with van der Waals surface area (Å²) >= 11 is 6.93. The number of rotatable bonds is 6. The van der Waals surface area contributed by atoms with Crippen LogP contribution in [-0.2, 0) is 17.5 Å². The molecule has 0 saturated heterocycles. The van der Waals surface area contributed by atoms with Gasteiger partial charge in [0.25, 0.3) is 5.56 Å². The van der Waals surface area contributed by atoms with Crippen molar-refractivity contribution in [2.45, 2.75) is 17.9 Å². The van der Waals surface area contributed by atoms with Gasteiger partial charge in [-0.3, -0.25) is 14.2 Å². The fourth-order valence-corrected chi connectivity index (χ4v) is 4.26. The molecule has 6 nitrogen and oxygen atoms in total. The lowest BCUT2D eigenvalue weighted by Gasteiger charge is -2.12. The number of anilines is 1. The van der Waals surface area contributed by atoms with E-state index in [1.54, 1.807) is 0 Å². The summed E-state index contributed by atoms with van der Waals surface area (Å²) in [7, 11) is 0. The zero-order valence-electron chi connectivity index (χ0n) is 16.9. The van der Waals surface area contributed by atoms with Crippen molar-refractivity contribution in [3.8, 4) is 0 Å². The minimum Gasteiger partial charge on any atom is -0.349 e. The summed E-state index contributed by atoms with van der Waals surface area (Å²) < 4.78 is 40.3. The van der Waals surface area contributed by atoms with E-state index in [2.05, 4.69) is 21.9 Å². The van der Waals surface area contributed by atoms with Crippen molar-refractivity contribution in [2.24, 2.45) is 0 Å². The number of allylic oxidation sites excluding steroid dienone is 1. The van der Waals surface area contributed by atoms with Crippen molar-refractivity contribution < 1.29 is 18.0 Å². The zero-order chi connectivity index (χ0) is 23.8. The van der Waals surface area contributed by atoms with Crippen LogP contribution < -0.4 is 10.9 Å². The summed E-state index contributed by atoms with van der Waals surface area (Å²) in [6.45, 7) is 3.82. The number of hydrogen-bond donors (Lipinski definition) is 2. The number of para-hydroxylation sites is 1. The van der Waals surface area contributed by atoms with Crippen molar-refractivity contribution in [3.05, 3.63) is 76.1 Å². The summed E-state index contributed by atoms with van der Waals surface area (Å²) in [5.41, 5.74) is 0.158. The summed E-state index contributed by atoms with van der Waals surface area (Å²) in [5.74, 6) is -0.802. The molecule has 2 heterocycles. The van der Waals surface area contributed by atoms with Gasteiger partial charge in [0, 0.05) is 17.4 Å². The Morgan fingerprint density at radius 1 is 1.27 bits per heavy atom. The Kier molecular flexibility index (Phi) is 6.22. The van der Waals surface area contributed by atoms with E-state index in [1.807, 2.05) is 24.3 Å². The number of hydrogen-bond acceptors (Lipinski definition) is 4. The van der Waals surface area contributed by atoms with E-state index in [-0.39, 0.29) is 33.7 Å². The van der Waals surface area contributed by atoms with Gasteiger partial charge in [0.1, 0.15) is 11.0 Å². The highest BCUT2D eigenvalue weighted by atomic mass is 35.5. The van der Waals surface area contributed by atoms with E-state index in [0.717, 1.165) is 40.9 Å². The van der Waals surface area contributed by atoms with Gasteiger partial charge in [0.05, 0.1) is 22.0 Å². The summed E-state index contributed by atoms with van der Waals surface area (Å²) in [6.07, 6.45) is -3.04. The first-order valence-corrected chi connectivity index (χ1v) is 11.0. The average molecular weight is 493 g/mol. The molecular formula is C22H16ClF3N4O2S. The van der Waals surface area contributed by atoms with Crippen molar-refractivity contribution in [3.63, 3.8) is 0 Å². The number of alkyl halides is 3.